The van der Waals surface area contributed by atoms with Gasteiger partial charge in [-0.3, -0.25) is 14.5 Å². The van der Waals surface area contributed by atoms with Gasteiger partial charge in [-0.05, 0) is 48.0 Å². The number of anilines is 2. The molecule has 0 aromatic heterocycles. The third kappa shape index (κ3) is 3.15. The molecule has 5 rings (SSSR count). The first-order valence-corrected chi connectivity index (χ1v) is 11.6. The van der Waals surface area contributed by atoms with Crippen LogP contribution in [0.25, 0.3) is 0 Å². The lowest BCUT2D eigenvalue weighted by Gasteiger charge is -2.33. The van der Waals surface area contributed by atoms with Crippen LogP contribution in [0.1, 0.15) is 11.1 Å². The van der Waals surface area contributed by atoms with Crippen molar-refractivity contribution in [3.63, 3.8) is 0 Å². The quantitative estimate of drug-likeness (QED) is 0.515. The Morgan fingerprint density at radius 2 is 1.81 bits per heavy atom. The number of hydrogen-bond donors (Lipinski definition) is 0. The molecule has 1 spiro atoms. The van der Waals surface area contributed by atoms with Crippen molar-refractivity contribution in [2.45, 2.75) is 11.4 Å². The first kappa shape index (κ1) is 20.2. The number of carbonyl (C=O) groups excluding carboxylic acids is 2. The summed E-state index contributed by atoms with van der Waals surface area (Å²) in [6.45, 7) is 0.401. The Morgan fingerprint density at radius 1 is 1.03 bits per heavy atom. The Bertz CT molecular complexity index is 1180. The van der Waals surface area contributed by atoms with Crippen molar-refractivity contribution in [2.24, 2.45) is 0 Å². The summed E-state index contributed by atoms with van der Waals surface area (Å²) in [5, 5.41) is 0. The molecule has 3 aromatic rings. The fraction of sp³-hybridized carbons (Fsp3) is 0.167. The largest absolute Gasteiger partial charge is 0.497 e. The van der Waals surface area contributed by atoms with Crippen molar-refractivity contribution in [1.29, 1.82) is 0 Å². The van der Waals surface area contributed by atoms with Crippen LogP contribution in [0.4, 0.5) is 11.4 Å². The summed E-state index contributed by atoms with van der Waals surface area (Å²) in [5.41, 5.74) is 3.36. The molecule has 0 N–H and O–H groups in total. The number of hydrogen-bond acceptors (Lipinski definition) is 4. The van der Waals surface area contributed by atoms with Crippen LogP contribution in [0, 0.1) is 0 Å². The molecule has 31 heavy (non-hydrogen) atoms. The molecule has 0 aliphatic carbocycles. The fourth-order valence-electron chi connectivity index (χ4n) is 4.26. The van der Waals surface area contributed by atoms with Gasteiger partial charge in [-0.1, -0.05) is 46.3 Å². The second-order valence-corrected chi connectivity index (χ2v) is 9.48. The lowest BCUT2D eigenvalue weighted by Crippen LogP contribution is -2.49. The van der Waals surface area contributed by atoms with Crippen molar-refractivity contribution in [1.82, 2.24) is 0 Å². The van der Waals surface area contributed by atoms with Crippen LogP contribution in [0.3, 0.4) is 0 Å². The number of ether oxygens (including phenoxy) is 1. The summed E-state index contributed by atoms with van der Waals surface area (Å²) in [4.78, 5) is 29.4. The molecule has 2 aliphatic heterocycles. The molecule has 7 heteroatoms. The van der Waals surface area contributed by atoms with Crippen molar-refractivity contribution >= 4 is 50.9 Å². The van der Waals surface area contributed by atoms with E-state index in [4.69, 9.17) is 4.74 Å². The zero-order valence-corrected chi connectivity index (χ0v) is 19.2. The Morgan fingerprint density at radius 3 is 2.58 bits per heavy atom. The average molecular weight is 495 g/mol. The van der Waals surface area contributed by atoms with Gasteiger partial charge in [0.1, 0.15) is 5.75 Å². The van der Waals surface area contributed by atoms with Crippen LogP contribution >= 0.6 is 27.7 Å². The monoisotopic (exact) mass is 494 g/mol. The van der Waals surface area contributed by atoms with E-state index >= 15 is 0 Å². The number of carbonyl (C=O) groups is 2. The maximum absolute atomic E-state index is 14.0. The molecular formula is C24H19BrN2O3S. The van der Waals surface area contributed by atoms with Gasteiger partial charge in [0.05, 0.1) is 25.1 Å². The summed E-state index contributed by atoms with van der Waals surface area (Å²) in [5.74, 6) is 0.825. The second-order valence-electron chi connectivity index (χ2n) is 7.40. The maximum Gasteiger partial charge on any atom is 0.269 e. The summed E-state index contributed by atoms with van der Waals surface area (Å²) in [6, 6.07) is 23.0. The van der Waals surface area contributed by atoms with Crippen molar-refractivity contribution in [3.05, 3.63) is 88.4 Å². The number of rotatable bonds is 4. The Hall–Kier alpha value is -2.77. The predicted octanol–water partition coefficient (Wildman–Crippen LogP) is 4.94. The number of benzene rings is 3. The maximum atomic E-state index is 14.0. The van der Waals surface area contributed by atoms with Crippen LogP contribution in [0.5, 0.6) is 5.75 Å². The summed E-state index contributed by atoms with van der Waals surface area (Å²) in [6.07, 6.45) is 0. The van der Waals surface area contributed by atoms with Gasteiger partial charge in [-0.15, -0.1) is 11.8 Å². The summed E-state index contributed by atoms with van der Waals surface area (Å²) in [7, 11) is 1.63. The molecule has 1 fully saturated rings. The molecule has 156 valence electrons. The van der Waals surface area contributed by atoms with Crippen LogP contribution in [-0.2, 0) is 21.0 Å². The molecule has 1 atom stereocenters. The van der Waals surface area contributed by atoms with Crippen molar-refractivity contribution < 1.29 is 14.3 Å². The predicted molar refractivity (Wildman–Crippen MR) is 126 cm³/mol. The molecular weight excluding hydrogens is 476 g/mol. The molecule has 2 aliphatic rings. The number of fused-ring (bicyclic) bond motifs is 2. The molecule has 2 amide bonds. The van der Waals surface area contributed by atoms with Crippen LogP contribution in [0.2, 0.25) is 0 Å². The molecule has 3 aromatic carbocycles. The van der Waals surface area contributed by atoms with Crippen molar-refractivity contribution in [3.8, 4) is 5.75 Å². The lowest BCUT2D eigenvalue weighted by molar-refractivity contribution is -0.123. The standard InChI is InChI=1S/C24H19BrN2O3S/c1-30-19-6-4-5-16(13-19)14-26-21-8-3-2-7-20(21)24(23(26)29)27(22(28)15-31-24)18-11-9-17(25)10-12-18/h2-13H,14-15H2,1H3/t24-/m0/s1. The summed E-state index contributed by atoms with van der Waals surface area (Å²) < 4.78 is 6.26. The molecule has 2 heterocycles. The van der Waals surface area contributed by atoms with Gasteiger partial charge in [0, 0.05) is 15.7 Å². The van der Waals surface area contributed by atoms with Gasteiger partial charge >= 0.3 is 0 Å². The van der Waals surface area contributed by atoms with Crippen LogP contribution in [0.15, 0.2) is 77.3 Å². The van der Waals surface area contributed by atoms with E-state index in [1.165, 1.54) is 11.8 Å². The fourth-order valence-corrected chi connectivity index (χ4v) is 5.88. The third-order valence-electron chi connectivity index (χ3n) is 5.62. The number of para-hydroxylation sites is 1. The third-order valence-corrected chi connectivity index (χ3v) is 7.54. The second kappa shape index (κ2) is 7.73. The topological polar surface area (TPSA) is 49.9 Å². The van der Waals surface area contributed by atoms with E-state index in [2.05, 4.69) is 15.9 Å². The van der Waals surface area contributed by atoms with Gasteiger partial charge in [-0.2, -0.15) is 0 Å². The van der Waals surface area contributed by atoms with Gasteiger partial charge in [0.2, 0.25) is 10.8 Å². The number of methoxy groups -OCH3 is 1. The normalized spacial score (nSPS) is 19.9. The highest BCUT2D eigenvalue weighted by molar-refractivity contribution is 9.10. The van der Waals surface area contributed by atoms with Gasteiger partial charge < -0.3 is 9.64 Å². The molecule has 0 saturated carbocycles. The number of thioether (sulfide) groups is 1. The van der Waals surface area contributed by atoms with Gasteiger partial charge in [0.15, 0.2) is 0 Å². The van der Waals surface area contributed by atoms with Crippen molar-refractivity contribution in [2.75, 3.05) is 22.7 Å². The highest BCUT2D eigenvalue weighted by atomic mass is 79.9. The number of amides is 2. The van der Waals surface area contributed by atoms with E-state index in [1.807, 2.05) is 72.8 Å². The summed E-state index contributed by atoms with van der Waals surface area (Å²) >= 11 is 4.84. The van der Waals surface area contributed by atoms with E-state index in [9.17, 15) is 9.59 Å². The Kier molecular flexibility index (Phi) is 5.02. The first-order valence-electron chi connectivity index (χ1n) is 9.81. The van der Waals surface area contributed by atoms with E-state index < -0.39 is 4.87 Å². The number of halogens is 1. The molecule has 5 nitrogen and oxygen atoms in total. The zero-order chi connectivity index (χ0) is 21.6. The van der Waals surface area contributed by atoms with E-state index in [0.29, 0.717) is 12.2 Å². The minimum atomic E-state index is -1.10. The van der Waals surface area contributed by atoms with Gasteiger partial charge in [-0.25, -0.2) is 0 Å². The van der Waals surface area contributed by atoms with Crippen LogP contribution < -0.4 is 14.5 Å². The van der Waals surface area contributed by atoms with E-state index in [1.54, 1.807) is 16.9 Å². The Labute approximate surface area is 193 Å². The minimum absolute atomic E-state index is 0.0706. The van der Waals surface area contributed by atoms with Crippen LogP contribution in [-0.4, -0.2) is 24.7 Å². The SMILES string of the molecule is COc1cccc(CN2C(=O)[C@@]3(SCC(=O)N3c3ccc(Br)cc3)c3ccccc32)c1. The zero-order valence-electron chi connectivity index (χ0n) is 16.7. The Balaban J connectivity index is 1.61. The van der Waals surface area contributed by atoms with Gasteiger partial charge in [0.25, 0.3) is 5.91 Å². The first-order chi connectivity index (χ1) is 15.0. The minimum Gasteiger partial charge on any atom is -0.497 e. The highest BCUT2D eigenvalue weighted by Crippen LogP contribution is 2.56. The molecule has 1 saturated heterocycles. The smallest absolute Gasteiger partial charge is 0.269 e. The molecule has 0 unspecified atom stereocenters. The van der Waals surface area contributed by atoms with E-state index in [-0.39, 0.29) is 17.6 Å². The lowest BCUT2D eigenvalue weighted by atomic mass is 10.0. The highest BCUT2D eigenvalue weighted by Gasteiger charge is 2.60. The molecule has 0 radical (unpaired) electrons. The molecule has 0 bridgehead atoms. The average Bonchev–Trinajstić information content (AvgIpc) is 3.26. The van der Waals surface area contributed by atoms with E-state index in [0.717, 1.165) is 27.0 Å². The number of nitrogens with zero attached hydrogens (tertiary/aromatic N) is 2.